The highest BCUT2D eigenvalue weighted by Crippen LogP contribution is 2.22. The lowest BCUT2D eigenvalue weighted by molar-refractivity contribution is 0.0496. The number of rotatable bonds is 4. The van der Waals surface area contributed by atoms with E-state index in [0.717, 1.165) is 12.8 Å². The first-order valence-corrected chi connectivity index (χ1v) is 5.12. The number of para-hydroxylation sites is 1. The summed E-state index contributed by atoms with van der Waals surface area (Å²) in [5.74, 6) is -0.441. The highest BCUT2D eigenvalue weighted by atomic mass is 16.5. The van der Waals surface area contributed by atoms with Gasteiger partial charge in [-0.15, -0.1) is 0 Å². The number of esters is 1. The molecule has 0 saturated carbocycles. The van der Waals surface area contributed by atoms with Crippen LogP contribution in [0.25, 0.3) is 0 Å². The van der Waals surface area contributed by atoms with Crippen LogP contribution in [0.4, 0.5) is 0 Å². The first-order valence-electron chi connectivity index (χ1n) is 5.12. The van der Waals surface area contributed by atoms with Crippen LogP contribution in [-0.2, 0) is 4.74 Å². The fraction of sp³-hybridized carbons (Fsp3) is 0.417. The molecule has 0 bridgehead atoms. The van der Waals surface area contributed by atoms with Gasteiger partial charge in [0.15, 0.2) is 0 Å². The van der Waals surface area contributed by atoms with Gasteiger partial charge in [-0.25, -0.2) is 4.79 Å². The zero-order chi connectivity index (χ0) is 11.3. The van der Waals surface area contributed by atoms with Crippen LogP contribution in [0.2, 0.25) is 0 Å². The van der Waals surface area contributed by atoms with E-state index in [1.54, 1.807) is 25.1 Å². The van der Waals surface area contributed by atoms with Gasteiger partial charge in [0.05, 0.1) is 6.61 Å². The predicted molar refractivity (Wildman–Crippen MR) is 58.0 cm³/mol. The number of aryl methyl sites for hydroxylation is 1. The maximum Gasteiger partial charge on any atom is 0.341 e. The third kappa shape index (κ3) is 2.98. The third-order valence-corrected chi connectivity index (χ3v) is 2.19. The zero-order valence-corrected chi connectivity index (χ0v) is 9.12. The van der Waals surface area contributed by atoms with Gasteiger partial charge < -0.3 is 9.84 Å². The number of hydrogen-bond acceptors (Lipinski definition) is 3. The van der Waals surface area contributed by atoms with Crippen molar-refractivity contribution in [1.82, 2.24) is 0 Å². The predicted octanol–water partition coefficient (Wildman–Crippen LogP) is 2.66. The molecule has 0 fully saturated rings. The number of phenolic OH excluding ortho intramolecular Hbond substituents is 1. The van der Waals surface area contributed by atoms with E-state index in [1.807, 2.05) is 6.92 Å². The number of phenols is 1. The minimum atomic E-state index is -0.454. The Kier molecular flexibility index (Phi) is 4.16. The van der Waals surface area contributed by atoms with E-state index in [1.165, 1.54) is 0 Å². The molecule has 3 nitrogen and oxygen atoms in total. The van der Waals surface area contributed by atoms with Gasteiger partial charge in [0.25, 0.3) is 0 Å². The van der Waals surface area contributed by atoms with Crippen molar-refractivity contribution in [1.29, 1.82) is 0 Å². The Balaban J connectivity index is 2.69. The van der Waals surface area contributed by atoms with E-state index in [2.05, 4.69) is 0 Å². The lowest BCUT2D eigenvalue weighted by Gasteiger charge is -2.06. The summed E-state index contributed by atoms with van der Waals surface area (Å²) >= 11 is 0. The minimum Gasteiger partial charge on any atom is -0.507 e. The molecule has 0 atom stereocenters. The van der Waals surface area contributed by atoms with Crippen molar-refractivity contribution in [2.24, 2.45) is 0 Å². The number of hydrogen-bond donors (Lipinski definition) is 1. The molecule has 0 aliphatic carbocycles. The van der Waals surface area contributed by atoms with Gasteiger partial charge in [-0.3, -0.25) is 0 Å². The Morgan fingerprint density at radius 3 is 2.87 bits per heavy atom. The van der Waals surface area contributed by atoms with Crippen LogP contribution in [0.1, 0.15) is 35.7 Å². The summed E-state index contributed by atoms with van der Waals surface area (Å²) in [5.41, 5.74) is 0.922. The van der Waals surface area contributed by atoms with E-state index in [4.69, 9.17) is 4.74 Å². The Morgan fingerprint density at radius 1 is 1.47 bits per heavy atom. The summed E-state index contributed by atoms with van der Waals surface area (Å²) in [4.78, 5) is 11.5. The van der Waals surface area contributed by atoms with Crippen molar-refractivity contribution in [3.05, 3.63) is 29.3 Å². The van der Waals surface area contributed by atoms with Crippen LogP contribution in [-0.4, -0.2) is 17.7 Å². The number of carbonyl (C=O) groups is 1. The van der Waals surface area contributed by atoms with Crippen LogP contribution in [0.15, 0.2) is 18.2 Å². The molecule has 15 heavy (non-hydrogen) atoms. The first kappa shape index (κ1) is 11.6. The topological polar surface area (TPSA) is 46.5 Å². The number of aromatic hydroxyl groups is 1. The molecule has 0 spiro atoms. The highest BCUT2D eigenvalue weighted by Gasteiger charge is 2.13. The second-order valence-electron chi connectivity index (χ2n) is 3.46. The Labute approximate surface area is 89.7 Å². The van der Waals surface area contributed by atoms with Crippen molar-refractivity contribution in [3.63, 3.8) is 0 Å². The monoisotopic (exact) mass is 208 g/mol. The molecule has 0 aromatic heterocycles. The summed E-state index contributed by atoms with van der Waals surface area (Å²) in [7, 11) is 0. The van der Waals surface area contributed by atoms with Crippen LogP contribution in [0.5, 0.6) is 5.75 Å². The molecular formula is C12H16O3. The van der Waals surface area contributed by atoms with Gasteiger partial charge in [0.2, 0.25) is 0 Å². The highest BCUT2D eigenvalue weighted by molar-refractivity contribution is 5.92. The lowest BCUT2D eigenvalue weighted by atomic mass is 10.1. The van der Waals surface area contributed by atoms with Gasteiger partial charge in [0.1, 0.15) is 11.3 Å². The molecule has 0 unspecified atom stereocenters. The number of benzene rings is 1. The molecule has 3 heteroatoms. The average Bonchev–Trinajstić information content (AvgIpc) is 2.22. The summed E-state index contributed by atoms with van der Waals surface area (Å²) in [6.07, 6.45) is 1.82. The Hall–Kier alpha value is -1.51. The molecular weight excluding hydrogens is 192 g/mol. The first-order chi connectivity index (χ1) is 7.16. The molecule has 1 rings (SSSR count). The zero-order valence-electron chi connectivity index (χ0n) is 9.12. The fourth-order valence-electron chi connectivity index (χ4n) is 1.21. The maximum atomic E-state index is 11.5. The average molecular weight is 208 g/mol. The normalized spacial score (nSPS) is 10.0. The summed E-state index contributed by atoms with van der Waals surface area (Å²) in [6, 6.07) is 5.04. The fourth-order valence-corrected chi connectivity index (χ4v) is 1.21. The summed E-state index contributed by atoms with van der Waals surface area (Å²) < 4.78 is 5.01. The molecule has 1 aromatic rings. The second kappa shape index (κ2) is 5.39. The van der Waals surface area contributed by atoms with Crippen molar-refractivity contribution in [2.45, 2.75) is 26.7 Å². The van der Waals surface area contributed by atoms with Crippen molar-refractivity contribution in [3.8, 4) is 5.75 Å². The molecule has 1 N–H and O–H groups in total. The molecule has 0 aliphatic rings. The molecule has 82 valence electrons. The van der Waals surface area contributed by atoms with Gasteiger partial charge in [-0.2, -0.15) is 0 Å². The standard InChI is InChI=1S/C12H16O3/c1-3-4-8-15-12(14)10-7-5-6-9(2)11(10)13/h5-7,13H,3-4,8H2,1-2H3. The van der Waals surface area contributed by atoms with Gasteiger partial charge in [0, 0.05) is 0 Å². The molecule has 0 saturated heterocycles. The minimum absolute atomic E-state index is 0.0130. The third-order valence-electron chi connectivity index (χ3n) is 2.19. The van der Waals surface area contributed by atoms with E-state index in [9.17, 15) is 9.90 Å². The molecule has 0 amide bonds. The maximum absolute atomic E-state index is 11.5. The largest absolute Gasteiger partial charge is 0.507 e. The van der Waals surface area contributed by atoms with Crippen LogP contribution < -0.4 is 0 Å². The molecule has 0 aliphatic heterocycles. The van der Waals surface area contributed by atoms with E-state index in [0.29, 0.717) is 12.2 Å². The summed E-state index contributed by atoms with van der Waals surface area (Å²) in [5, 5.41) is 9.62. The van der Waals surface area contributed by atoms with Crippen molar-refractivity contribution >= 4 is 5.97 Å². The van der Waals surface area contributed by atoms with Gasteiger partial charge in [-0.1, -0.05) is 25.5 Å². The number of unbranched alkanes of at least 4 members (excludes halogenated alkanes) is 1. The van der Waals surface area contributed by atoms with Crippen LogP contribution in [0.3, 0.4) is 0 Å². The number of carbonyl (C=O) groups excluding carboxylic acids is 1. The SMILES string of the molecule is CCCCOC(=O)c1cccc(C)c1O. The smallest absolute Gasteiger partial charge is 0.341 e. The Morgan fingerprint density at radius 2 is 2.20 bits per heavy atom. The van der Waals surface area contributed by atoms with Crippen LogP contribution in [0, 0.1) is 6.92 Å². The van der Waals surface area contributed by atoms with Gasteiger partial charge in [-0.05, 0) is 25.0 Å². The van der Waals surface area contributed by atoms with Crippen molar-refractivity contribution < 1.29 is 14.6 Å². The van der Waals surface area contributed by atoms with E-state index in [-0.39, 0.29) is 11.3 Å². The van der Waals surface area contributed by atoms with Crippen LogP contribution >= 0.6 is 0 Å². The molecule has 0 heterocycles. The second-order valence-corrected chi connectivity index (χ2v) is 3.46. The van der Waals surface area contributed by atoms with Gasteiger partial charge >= 0.3 is 5.97 Å². The lowest BCUT2D eigenvalue weighted by Crippen LogP contribution is -2.06. The Bertz CT molecular complexity index is 345. The van der Waals surface area contributed by atoms with E-state index >= 15 is 0 Å². The molecule has 0 radical (unpaired) electrons. The summed E-state index contributed by atoms with van der Waals surface area (Å²) in [6.45, 7) is 4.18. The molecule has 1 aromatic carbocycles. The quantitative estimate of drug-likeness (QED) is 0.611. The number of ether oxygens (including phenoxy) is 1. The van der Waals surface area contributed by atoms with Crippen molar-refractivity contribution in [2.75, 3.05) is 6.61 Å². The van der Waals surface area contributed by atoms with E-state index < -0.39 is 5.97 Å².